The molecular formula is C23H36N2O4. The molecule has 3 rings (SSSR count). The van der Waals surface area contributed by atoms with Crippen LogP contribution < -0.4 is 14.8 Å². The number of nitrogens with one attached hydrogen (secondary N) is 1. The molecule has 1 saturated heterocycles. The minimum atomic E-state index is 0.116. The molecule has 29 heavy (non-hydrogen) atoms. The van der Waals surface area contributed by atoms with E-state index in [0.29, 0.717) is 26.1 Å². The smallest absolute Gasteiger partial charge is 0.220 e. The summed E-state index contributed by atoms with van der Waals surface area (Å²) < 4.78 is 16.9. The van der Waals surface area contributed by atoms with Gasteiger partial charge < -0.3 is 19.5 Å². The Labute approximate surface area is 174 Å². The predicted molar refractivity (Wildman–Crippen MR) is 114 cm³/mol. The van der Waals surface area contributed by atoms with Gasteiger partial charge in [-0.15, -0.1) is 0 Å². The van der Waals surface area contributed by atoms with Crippen molar-refractivity contribution in [2.24, 2.45) is 0 Å². The largest absolute Gasteiger partial charge is 0.490 e. The Morgan fingerprint density at radius 2 is 1.79 bits per heavy atom. The van der Waals surface area contributed by atoms with Gasteiger partial charge in [-0.05, 0) is 38.3 Å². The first-order chi connectivity index (χ1) is 14.2. The summed E-state index contributed by atoms with van der Waals surface area (Å²) in [6.45, 7) is 7.37. The zero-order chi connectivity index (χ0) is 20.4. The first-order valence-corrected chi connectivity index (χ1v) is 11.2. The van der Waals surface area contributed by atoms with Crippen LogP contribution in [0.1, 0.15) is 51.9 Å². The van der Waals surface area contributed by atoms with Gasteiger partial charge in [0.1, 0.15) is 0 Å². The Hall–Kier alpha value is -1.79. The quantitative estimate of drug-likeness (QED) is 0.606. The second-order valence-corrected chi connectivity index (χ2v) is 7.99. The minimum absolute atomic E-state index is 0.116. The topological polar surface area (TPSA) is 60.0 Å². The van der Waals surface area contributed by atoms with Crippen molar-refractivity contribution in [3.05, 3.63) is 24.3 Å². The van der Waals surface area contributed by atoms with Crippen LogP contribution in [0.25, 0.3) is 0 Å². The summed E-state index contributed by atoms with van der Waals surface area (Å²) in [5.74, 6) is 1.61. The van der Waals surface area contributed by atoms with Crippen LogP contribution >= 0.6 is 0 Å². The highest BCUT2D eigenvalue weighted by molar-refractivity contribution is 5.75. The first-order valence-electron chi connectivity index (χ1n) is 11.2. The molecule has 6 heteroatoms. The van der Waals surface area contributed by atoms with Gasteiger partial charge in [-0.1, -0.05) is 31.4 Å². The van der Waals surface area contributed by atoms with Crippen LogP contribution in [0.3, 0.4) is 0 Å². The average molecular weight is 405 g/mol. The molecule has 162 valence electrons. The van der Waals surface area contributed by atoms with E-state index in [-0.39, 0.29) is 11.4 Å². The third-order valence-corrected chi connectivity index (χ3v) is 6.04. The van der Waals surface area contributed by atoms with E-state index < -0.39 is 0 Å². The Kier molecular flexibility index (Phi) is 8.62. The van der Waals surface area contributed by atoms with E-state index in [0.717, 1.165) is 44.3 Å². The monoisotopic (exact) mass is 404 g/mol. The molecule has 0 radical (unpaired) electrons. The van der Waals surface area contributed by atoms with E-state index in [1.807, 2.05) is 31.2 Å². The van der Waals surface area contributed by atoms with E-state index in [4.69, 9.17) is 14.2 Å². The highest BCUT2D eigenvalue weighted by Gasteiger charge is 2.38. The summed E-state index contributed by atoms with van der Waals surface area (Å²) >= 11 is 0. The summed E-state index contributed by atoms with van der Waals surface area (Å²) in [7, 11) is 0. The fraction of sp³-hybridized carbons (Fsp3) is 0.696. The molecule has 2 fully saturated rings. The number of benzene rings is 1. The lowest BCUT2D eigenvalue weighted by molar-refractivity contribution is -0.122. The van der Waals surface area contributed by atoms with Crippen molar-refractivity contribution in [2.75, 3.05) is 46.1 Å². The SMILES string of the molecule is CCOc1ccccc1OCCCC(=O)NCC1(N2CCOCC2)CCCCC1. The number of hydrogen-bond acceptors (Lipinski definition) is 5. The number of carbonyl (C=O) groups excluding carboxylic acids is 1. The number of hydrogen-bond donors (Lipinski definition) is 1. The second kappa shape index (κ2) is 11.4. The summed E-state index contributed by atoms with van der Waals surface area (Å²) in [6, 6.07) is 7.67. The maximum atomic E-state index is 12.5. The van der Waals surface area contributed by atoms with Crippen molar-refractivity contribution in [1.82, 2.24) is 10.2 Å². The molecule has 1 heterocycles. The Balaban J connectivity index is 1.41. The first kappa shape index (κ1) is 21.9. The predicted octanol–water partition coefficient (Wildman–Crippen LogP) is 3.40. The van der Waals surface area contributed by atoms with Crippen LogP contribution in [0.4, 0.5) is 0 Å². The molecular weight excluding hydrogens is 368 g/mol. The molecule has 1 aromatic rings. The van der Waals surface area contributed by atoms with Gasteiger partial charge in [-0.25, -0.2) is 0 Å². The van der Waals surface area contributed by atoms with E-state index >= 15 is 0 Å². The number of amides is 1. The van der Waals surface area contributed by atoms with Crippen molar-refractivity contribution in [3.63, 3.8) is 0 Å². The standard InChI is InChI=1S/C23H36N2O4/c1-2-28-20-9-4-5-10-21(20)29-16-8-11-22(26)24-19-23(12-6-3-7-13-23)25-14-17-27-18-15-25/h4-5,9-10H,2-3,6-8,11-19H2,1H3,(H,24,26). The van der Waals surface area contributed by atoms with E-state index in [1.54, 1.807) is 0 Å². The highest BCUT2D eigenvalue weighted by atomic mass is 16.5. The fourth-order valence-electron chi connectivity index (χ4n) is 4.46. The normalized spacial score (nSPS) is 19.5. The van der Waals surface area contributed by atoms with Crippen molar-refractivity contribution in [3.8, 4) is 11.5 Å². The molecule has 1 aliphatic heterocycles. The molecule has 0 bridgehead atoms. The number of nitrogens with zero attached hydrogens (tertiary/aromatic N) is 1. The van der Waals surface area contributed by atoms with Crippen LogP contribution in [-0.4, -0.2) is 62.4 Å². The van der Waals surface area contributed by atoms with Gasteiger partial charge in [0.2, 0.25) is 5.91 Å². The van der Waals surface area contributed by atoms with E-state index in [2.05, 4.69) is 10.2 Å². The molecule has 1 amide bonds. The summed E-state index contributed by atoms with van der Waals surface area (Å²) in [5, 5.41) is 3.22. The van der Waals surface area contributed by atoms with Crippen molar-refractivity contribution >= 4 is 5.91 Å². The zero-order valence-electron chi connectivity index (χ0n) is 17.8. The van der Waals surface area contributed by atoms with Gasteiger partial charge in [0.25, 0.3) is 0 Å². The number of ether oxygens (including phenoxy) is 3. The molecule has 6 nitrogen and oxygen atoms in total. The molecule has 0 atom stereocenters. The maximum Gasteiger partial charge on any atom is 0.220 e. The van der Waals surface area contributed by atoms with Crippen LogP contribution in [-0.2, 0) is 9.53 Å². The number of carbonyl (C=O) groups is 1. The van der Waals surface area contributed by atoms with E-state index in [1.165, 1.54) is 32.1 Å². The Morgan fingerprint density at radius 1 is 1.10 bits per heavy atom. The van der Waals surface area contributed by atoms with Crippen molar-refractivity contribution < 1.29 is 19.0 Å². The molecule has 0 unspecified atom stereocenters. The molecule has 1 N–H and O–H groups in total. The summed E-state index contributed by atoms with van der Waals surface area (Å²) in [6.07, 6.45) is 7.32. The third kappa shape index (κ3) is 6.34. The second-order valence-electron chi connectivity index (χ2n) is 7.99. The lowest BCUT2D eigenvalue weighted by atomic mass is 9.79. The van der Waals surface area contributed by atoms with Gasteiger partial charge in [-0.2, -0.15) is 0 Å². The molecule has 1 aliphatic carbocycles. The van der Waals surface area contributed by atoms with Crippen LogP contribution in [0.5, 0.6) is 11.5 Å². The van der Waals surface area contributed by atoms with Gasteiger partial charge in [0, 0.05) is 31.6 Å². The molecule has 1 aromatic carbocycles. The van der Waals surface area contributed by atoms with Gasteiger partial charge >= 0.3 is 0 Å². The molecule has 0 spiro atoms. The average Bonchev–Trinajstić information content (AvgIpc) is 2.78. The van der Waals surface area contributed by atoms with Gasteiger partial charge in [-0.3, -0.25) is 9.69 Å². The van der Waals surface area contributed by atoms with Gasteiger partial charge in [0.15, 0.2) is 11.5 Å². The lowest BCUT2D eigenvalue weighted by Gasteiger charge is -2.48. The number of para-hydroxylation sites is 2. The van der Waals surface area contributed by atoms with Crippen LogP contribution in [0, 0.1) is 0 Å². The van der Waals surface area contributed by atoms with Gasteiger partial charge in [0.05, 0.1) is 26.4 Å². The fourth-order valence-corrected chi connectivity index (χ4v) is 4.46. The maximum absolute atomic E-state index is 12.5. The third-order valence-electron chi connectivity index (χ3n) is 6.04. The van der Waals surface area contributed by atoms with Crippen molar-refractivity contribution in [1.29, 1.82) is 0 Å². The Bertz CT molecular complexity index is 625. The van der Waals surface area contributed by atoms with Crippen LogP contribution in [0.15, 0.2) is 24.3 Å². The summed E-state index contributed by atoms with van der Waals surface area (Å²) in [5.41, 5.74) is 0.116. The minimum Gasteiger partial charge on any atom is -0.490 e. The zero-order valence-corrected chi connectivity index (χ0v) is 17.8. The van der Waals surface area contributed by atoms with E-state index in [9.17, 15) is 4.79 Å². The number of rotatable bonds is 10. The lowest BCUT2D eigenvalue weighted by Crippen LogP contribution is -2.59. The molecule has 2 aliphatic rings. The Morgan fingerprint density at radius 3 is 2.48 bits per heavy atom. The highest BCUT2D eigenvalue weighted by Crippen LogP contribution is 2.34. The molecule has 1 saturated carbocycles. The number of morpholine rings is 1. The molecule has 0 aromatic heterocycles. The van der Waals surface area contributed by atoms with Crippen LogP contribution in [0.2, 0.25) is 0 Å². The summed E-state index contributed by atoms with van der Waals surface area (Å²) in [4.78, 5) is 15.0. The van der Waals surface area contributed by atoms with Crippen molar-refractivity contribution in [2.45, 2.75) is 57.4 Å².